The summed E-state index contributed by atoms with van der Waals surface area (Å²) < 4.78 is 27.4. The van der Waals surface area contributed by atoms with Crippen molar-refractivity contribution in [2.24, 2.45) is 0 Å². The van der Waals surface area contributed by atoms with Crippen LogP contribution in [0.3, 0.4) is 0 Å². The number of nitrogens with zero attached hydrogens (tertiary/aromatic N) is 6. The molecule has 1 aliphatic heterocycles. The first kappa shape index (κ1) is 21.7. The van der Waals surface area contributed by atoms with Gasteiger partial charge >= 0.3 is 0 Å². The lowest BCUT2D eigenvalue weighted by Crippen LogP contribution is -2.48. The second kappa shape index (κ2) is 8.89. The van der Waals surface area contributed by atoms with Crippen molar-refractivity contribution in [1.29, 1.82) is 0 Å². The molecule has 1 fully saturated rings. The van der Waals surface area contributed by atoms with Gasteiger partial charge in [0.2, 0.25) is 5.91 Å². The molecule has 168 valence electrons. The second-order valence-electron chi connectivity index (χ2n) is 7.79. The molecule has 1 saturated heterocycles. The number of anilines is 3. The fourth-order valence-corrected chi connectivity index (χ4v) is 3.68. The zero-order chi connectivity index (χ0) is 22.8. The van der Waals surface area contributed by atoms with Crippen LogP contribution in [0.2, 0.25) is 0 Å². The van der Waals surface area contributed by atoms with E-state index in [0.717, 1.165) is 11.4 Å². The molecule has 2 aromatic heterocycles. The lowest BCUT2D eigenvalue weighted by atomic mass is 10.2. The number of halogens is 2. The Morgan fingerprint density at radius 1 is 1.03 bits per heavy atom. The molecule has 3 aromatic rings. The maximum atomic E-state index is 12.9. The van der Waals surface area contributed by atoms with E-state index in [1.54, 1.807) is 23.7 Å². The highest BCUT2D eigenvalue weighted by molar-refractivity contribution is 5.73. The number of aryl methyl sites for hydroxylation is 2. The van der Waals surface area contributed by atoms with E-state index in [9.17, 15) is 13.6 Å². The SMILES string of the molecule is CC(=O)N1CCN(c2cc(Nc3ccc(C(F)F)cc3)nc(-n3nc(C)cc3C)n2)CC1. The van der Waals surface area contributed by atoms with Crippen molar-refractivity contribution in [1.82, 2.24) is 24.6 Å². The average Bonchev–Trinajstić information content (AvgIpc) is 3.12. The van der Waals surface area contributed by atoms with E-state index < -0.39 is 6.43 Å². The van der Waals surface area contributed by atoms with E-state index in [1.807, 2.05) is 30.9 Å². The van der Waals surface area contributed by atoms with Gasteiger partial charge in [-0.2, -0.15) is 15.1 Å². The third-order valence-corrected chi connectivity index (χ3v) is 5.38. The van der Waals surface area contributed by atoms with Crippen LogP contribution in [0.5, 0.6) is 0 Å². The maximum absolute atomic E-state index is 12.9. The van der Waals surface area contributed by atoms with Gasteiger partial charge in [0, 0.05) is 56.1 Å². The van der Waals surface area contributed by atoms with E-state index in [-0.39, 0.29) is 11.5 Å². The summed E-state index contributed by atoms with van der Waals surface area (Å²) in [5.41, 5.74) is 2.35. The molecule has 1 N–H and O–H groups in total. The van der Waals surface area contributed by atoms with Crippen LogP contribution in [0, 0.1) is 13.8 Å². The number of carbonyl (C=O) groups is 1. The number of piperazine rings is 1. The Morgan fingerprint density at radius 2 is 1.72 bits per heavy atom. The molecule has 32 heavy (non-hydrogen) atoms. The molecule has 0 aliphatic carbocycles. The molecule has 10 heteroatoms. The first-order valence-electron chi connectivity index (χ1n) is 10.4. The van der Waals surface area contributed by atoms with E-state index in [1.165, 1.54) is 12.1 Å². The smallest absolute Gasteiger partial charge is 0.263 e. The molecule has 0 spiro atoms. The molecule has 0 radical (unpaired) electrons. The van der Waals surface area contributed by atoms with Gasteiger partial charge in [-0.25, -0.2) is 13.5 Å². The standard InChI is InChI=1S/C22H25F2N7O/c1-14-12-15(2)31(28-14)22-26-19(25-18-6-4-17(5-7-18)21(23)24)13-20(27-22)30-10-8-29(9-11-30)16(3)32/h4-7,12-13,21H,8-11H2,1-3H3,(H,25,26,27). The van der Waals surface area contributed by atoms with Gasteiger partial charge in [-0.3, -0.25) is 4.79 Å². The highest BCUT2D eigenvalue weighted by atomic mass is 19.3. The van der Waals surface area contributed by atoms with E-state index in [0.29, 0.717) is 49.5 Å². The minimum Gasteiger partial charge on any atom is -0.353 e. The molecule has 8 nitrogen and oxygen atoms in total. The zero-order valence-corrected chi connectivity index (χ0v) is 18.2. The third-order valence-electron chi connectivity index (χ3n) is 5.38. The van der Waals surface area contributed by atoms with Crippen LogP contribution in [0.1, 0.15) is 30.3 Å². The van der Waals surface area contributed by atoms with Gasteiger partial charge in [0.05, 0.1) is 5.69 Å². The lowest BCUT2D eigenvalue weighted by molar-refractivity contribution is -0.129. The number of benzene rings is 1. The zero-order valence-electron chi connectivity index (χ0n) is 18.2. The summed E-state index contributed by atoms with van der Waals surface area (Å²) in [5.74, 6) is 1.70. The van der Waals surface area contributed by atoms with E-state index >= 15 is 0 Å². The summed E-state index contributed by atoms with van der Waals surface area (Å²) in [7, 11) is 0. The summed E-state index contributed by atoms with van der Waals surface area (Å²) in [6.45, 7) is 7.93. The van der Waals surface area contributed by atoms with Crippen LogP contribution in [0.15, 0.2) is 36.4 Å². The van der Waals surface area contributed by atoms with Gasteiger partial charge in [-0.1, -0.05) is 12.1 Å². The number of aromatic nitrogens is 4. The molecular weight excluding hydrogens is 416 g/mol. The number of rotatable bonds is 5. The number of hydrogen-bond acceptors (Lipinski definition) is 6. The molecule has 0 unspecified atom stereocenters. The highest BCUT2D eigenvalue weighted by Crippen LogP contribution is 2.25. The quantitative estimate of drug-likeness (QED) is 0.652. The molecule has 1 aromatic carbocycles. The Balaban J connectivity index is 1.66. The summed E-state index contributed by atoms with van der Waals surface area (Å²) in [4.78, 5) is 24.9. The Bertz CT molecular complexity index is 1110. The van der Waals surface area contributed by atoms with Crippen molar-refractivity contribution in [3.05, 3.63) is 53.3 Å². The van der Waals surface area contributed by atoms with Gasteiger partial charge in [-0.05, 0) is 32.0 Å². The summed E-state index contributed by atoms with van der Waals surface area (Å²) in [6.07, 6.45) is -2.51. The Labute approximate surface area is 184 Å². The first-order valence-corrected chi connectivity index (χ1v) is 10.4. The highest BCUT2D eigenvalue weighted by Gasteiger charge is 2.21. The van der Waals surface area contributed by atoms with Crippen molar-refractivity contribution in [2.75, 3.05) is 36.4 Å². The van der Waals surface area contributed by atoms with Crippen LogP contribution >= 0.6 is 0 Å². The van der Waals surface area contributed by atoms with Crippen molar-refractivity contribution in [3.8, 4) is 5.95 Å². The van der Waals surface area contributed by atoms with Gasteiger partial charge < -0.3 is 15.1 Å². The lowest BCUT2D eigenvalue weighted by Gasteiger charge is -2.35. The topological polar surface area (TPSA) is 79.2 Å². The maximum Gasteiger partial charge on any atom is 0.263 e. The average molecular weight is 441 g/mol. The van der Waals surface area contributed by atoms with Gasteiger partial charge in [0.25, 0.3) is 12.4 Å². The minimum atomic E-state index is -2.51. The molecule has 0 saturated carbocycles. The van der Waals surface area contributed by atoms with Crippen molar-refractivity contribution in [2.45, 2.75) is 27.2 Å². The monoisotopic (exact) mass is 441 g/mol. The van der Waals surface area contributed by atoms with E-state index in [2.05, 4.69) is 20.3 Å². The van der Waals surface area contributed by atoms with Gasteiger partial charge in [0.1, 0.15) is 11.6 Å². The van der Waals surface area contributed by atoms with Crippen molar-refractivity contribution >= 4 is 23.2 Å². The second-order valence-corrected chi connectivity index (χ2v) is 7.79. The van der Waals surface area contributed by atoms with Crippen LogP contribution in [-0.4, -0.2) is 56.7 Å². The van der Waals surface area contributed by atoms with Crippen LogP contribution in [0.25, 0.3) is 5.95 Å². The third kappa shape index (κ3) is 4.68. The Morgan fingerprint density at radius 3 is 2.28 bits per heavy atom. The first-order chi connectivity index (χ1) is 15.3. The molecule has 4 rings (SSSR count). The molecule has 3 heterocycles. The van der Waals surface area contributed by atoms with Gasteiger partial charge in [0.15, 0.2) is 0 Å². The summed E-state index contributed by atoms with van der Waals surface area (Å²) in [6, 6.07) is 9.73. The predicted molar refractivity (Wildman–Crippen MR) is 118 cm³/mol. The largest absolute Gasteiger partial charge is 0.353 e. The number of alkyl halides is 2. The molecular formula is C22H25F2N7O. The normalized spacial score (nSPS) is 14.2. The summed E-state index contributed by atoms with van der Waals surface area (Å²) >= 11 is 0. The Hall–Kier alpha value is -3.56. The number of amides is 1. The van der Waals surface area contributed by atoms with Crippen molar-refractivity contribution in [3.63, 3.8) is 0 Å². The predicted octanol–water partition coefficient (Wildman–Crippen LogP) is 3.63. The molecule has 0 bridgehead atoms. The van der Waals surface area contributed by atoms with Crippen LogP contribution in [-0.2, 0) is 4.79 Å². The number of carbonyl (C=O) groups excluding carboxylic acids is 1. The Kier molecular flexibility index (Phi) is 6.02. The van der Waals surface area contributed by atoms with Gasteiger partial charge in [-0.15, -0.1) is 0 Å². The molecule has 0 atom stereocenters. The van der Waals surface area contributed by atoms with E-state index in [4.69, 9.17) is 4.98 Å². The summed E-state index contributed by atoms with van der Waals surface area (Å²) in [5, 5.41) is 7.67. The van der Waals surface area contributed by atoms with Crippen LogP contribution in [0.4, 0.5) is 26.1 Å². The fraction of sp³-hybridized carbons (Fsp3) is 0.364. The minimum absolute atomic E-state index is 0.0365. The fourth-order valence-electron chi connectivity index (χ4n) is 3.68. The number of nitrogens with one attached hydrogen (secondary N) is 1. The molecule has 1 amide bonds. The number of hydrogen-bond donors (Lipinski definition) is 1. The molecule has 1 aliphatic rings. The van der Waals surface area contributed by atoms with Crippen molar-refractivity contribution < 1.29 is 13.6 Å². The van der Waals surface area contributed by atoms with Crippen LogP contribution < -0.4 is 10.2 Å².